The van der Waals surface area contributed by atoms with Gasteiger partial charge in [-0.15, -0.1) is 11.3 Å². The highest BCUT2D eigenvalue weighted by molar-refractivity contribution is 7.99. The number of thioether (sulfide) groups is 1. The molecule has 0 spiro atoms. The molecule has 0 aliphatic rings. The normalized spacial score (nSPS) is 13.5. The summed E-state index contributed by atoms with van der Waals surface area (Å²) in [5, 5.41) is 6.02. The first-order valence-corrected chi connectivity index (χ1v) is 7.76. The van der Waals surface area contributed by atoms with Crippen LogP contribution in [0.1, 0.15) is 38.4 Å². The highest BCUT2D eigenvalue weighted by Gasteiger charge is 2.18. The first kappa shape index (κ1) is 14.5. The Morgan fingerprint density at radius 2 is 2.24 bits per heavy atom. The minimum absolute atomic E-state index is 0.00396. The Bertz CT molecular complexity index is 382. The van der Waals surface area contributed by atoms with Crippen LogP contribution < -0.4 is 5.32 Å². The highest BCUT2D eigenvalue weighted by Crippen LogP contribution is 2.25. The Labute approximate surface area is 111 Å². The van der Waals surface area contributed by atoms with Crippen molar-refractivity contribution in [2.75, 3.05) is 6.26 Å². The summed E-state index contributed by atoms with van der Waals surface area (Å²) in [6.07, 6.45) is 1.94. The average molecular weight is 272 g/mol. The van der Waals surface area contributed by atoms with E-state index in [2.05, 4.69) is 31.1 Å². The number of hydrogen-bond donors (Lipinski definition) is 1. The summed E-state index contributed by atoms with van der Waals surface area (Å²) >= 11 is 3.20. The van der Waals surface area contributed by atoms with Crippen molar-refractivity contribution in [3.05, 3.63) is 16.1 Å². The van der Waals surface area contributed by atoms with Crippen molar-refractivity contribution >= 4 is 29.0 Å². The third kappa shape index (κ3) is 4.32. The lowest BCUT2D eigenvalue weighted by molar-refractivity contribution is -0.120. The van der Waals surface area contributed by atoms with Crippen LogP contribution in [-0.2, 0) is 16.8 Å². The van der Waals surface area contributed by atoms with Gasteiger partial charge in [-0.2, -0.15) is 11.8 Å². The molecule has 0 aromatic carbocycles. The van der Waals surface area contributed by atoms with Crippen molar-refractivity contribution in [2.24, 2.45) is 0 Å². The van der Waals surface area contributed by atoms with Crippen LogP contribution in [0.15, 0.2) is 5.38 Å². The van der Waals surface area contributed by atoms with Crippen LogP contribution >= 0.6 is 23.1 Å². The minimum atomic E-state index is -0.00396. The van der Waals surface area contributed by atoms with Gasteiger partial charge in [-0.3, -0.25) is 4.79 Å². The zero-order valence-corrected chi connectivity index (χ0v) is 12.7. The molecule has 96 valence electrons. The number of rotatable bonds is 4. The molecule has 1 aromatic heterocycles. The van der Waals surface area contributed by atoms with Crippen molar-refractivity contribution in [3.8, 4) is 0 Å². The number of carbonyl (C=O) groups excluding carboxylic acids is 1. The molecule has 17 heavy (non-hydrogen) atoms. The second kappa shape index (κ2) is 5.87. The van der Waals surface area contributed by atoms with E-state index in [1.165, 1.54) is 0 Å². The maximum absolute atomic E-state index is 11.6. The number of hydrogen-bond acceptors (Lipinski definition) is 4. The van der Waals surface area contributed by atoms with Crippen molar-refractivity contribution in [2.45, 2.75) is 44.9 Å². The zero-order chi connectivity index (χ0) is 13.1. The molecule has 1 rings (SSSR count). The number of aromatic nitrogens is 1. The smallest absolute Gasteiger partial charge is 0.233 e. The predicted octanol–water partition coefficient (Wildman–Crippen LogP) is 2.81. The van der Waals surface area contributed by atoms with Gasteiger partial charge in [0, 0.05) is 10.8 Å². The number of carbonyl (C=O) groups is 1. The molecule has 1 heterocycles. The number of thiazole rings is 1. The van der Waals surface area contributed by atoms with Gasteiger partial charge < -0.3 is 5.32 Å². The second-order valence-corrected chi connectivity index (χ2v) is 7.03. The van der Waals surface area contributed by atoms with Gasteiger partial charge in [-0.05, 0) is 13.2 Å². The van der Waals surface area contributed by atoms with Gasteiger partial charge in [-0.25, -0.2) is 4.98 Å². The van der Waals surface area contributed by atoms with Crippen LogP contribution in [0.5, 0.6) is 0 Å². The van der Waals surface area contributed by atoms with E-state index in [4.69, 9.17) is 0 Å². The van der Waals surface area contributed by atoms with Crippen LogP contribution in [0.2, 0.25) is 0 Å². The van der Waals surface area contributed by atoms with Gasteiger partial charge in [0.05, 0.1) is 22.5 Å². The molecular weight excluding hydrogens is 252 g/mol. The molecule has 5 heteroatoms. The maximum Gasteiger partial charge on any atom is 0.233 e. The SMILES string of the molecule is CS[C@@H](C)C(=O)NCc1csc(C(C)(C)C)n1. The molecule has 0 bridgehead atoms. The Balaban J connectivity index is 2.54. The summed E-state index contributed by atoms with van der Waals surface area (Å²) in [5.41, 5.74) is 1.03. The topological polar surface area (TPSA) is 42.0 Å². The summed E-state index contributed by atoms with van der Waals surface area (Å²) < 4.78 is 0. The third-order valence-corrected chi connectivity index (χ3v) is 4.60. The molecule has 1 amide bonds. The molecule has 1 N–H and O–H groups in total. The van der Waals surface area contributed by atoms with Crippen molar-refractivity contribution in [1.82, 2.24) is 10.3 Å². The van der Waals surface area contributed by atoms with Crippen LogP contribution in [0, 0.1) is 0 Å². The lowest BCUT2D eigenvalue weighted by Gasteiger charge is -2.13. The molecule has 3 nitrogen and oxygen atoms in total. The number of nitrogens with one attached hydrogen (secondary N) is 1. The molecule has 0 saturated carbocycles. The lowest BCUT2D eigenvalue weighted by atomic mass is 9.98. The Hall–Kier alpha value is -0.550. The summed E-state index contributed by atoms with van der Waals surface area (Å²) in [5.74, 6) is 0.0720. The van der Waals surface area contributed by atoms with E-state index in [1.54, 1.807) is 23.1 Å². The number of nitrogens with zero attached hydrogens (tertiary/aromatic N) is 1. The molecule has 0 aliphatic heterocycles. The van der Waals surface area contributed by atoms with Gasteiger partial charge in [0.25, 0.3) is 0 Å². The van der Waals surface area contributed by atoms with Crippen molar-refractivity contribution < 1.29 is 4.79 Å². The lowest BCUT2D eigenvalue weighted by Crippen LogP contribution is -2.30. The number of amides is 1. The van der Waals surface area contributed by atoms with Crippen molar-refractivity contribution in [1.29, 1.82) is 0 Å². The monoisotopic (exact) mass is 272 g/mol. The average Bonchev–Trinajstić information content (AvgIpc) is 2.72. The van der Waals surface area contributed by atoms with E-state index in [0.717, 1.165) is 10.7 Å². The van der Waals surface area contributed by atoms with E-state index in [0.29, 0.717) is 6.54 Å². The van der Waals surface area contributed by atoms with Gasteiger partial charge in [0.2, 0.25) is 5.91 Å². The first-order chi connectivity index (χ1) is 7.84. The first-order valence-electron chi connectivity index (χ1n) is 5.60. The van der Waals surface area contributed by atoms with Gasteiger partial charge in [0.15, 0.2) is 0 Å². The van der Waals surface area contributed by atoms with Crippen LogP contribution in [0.4, 0.5) is 0 Å². The summed E-state index contributed by atoms with van der Waals surface area (Å²) in [6, 6.07) is 0. The Morgan fingerprint density at radius 3 is 2.71 bits per heavy atom. The van der Waals surface area contributed by atoms with E-state index in [9.17, 15) is 4.79 Å². The van der Waals surface area contributed by atoms with Crippen molar-refractivity contribution in [3.63, 3.8) is 0 Å². The van der Waals surface area contributed by atoms with Crippen LogP contribution in [-0.4, -0.2) is 22.4 Å². The van der Waals surface area contributed by atoms with Crippen LogP contribution in [0.3, 0.4) is 0 Å². The molecule has 0 unspecified atom stereocenters. The summed E-state index contributed by atoms with van der Waals surface area (Å²) in [6.45, 7) is 8.86. The Morgan fingerprint density at radius 1 is 1.59 bits per heavy atom. The highest BCUT2D eigenvalue weighted by atomic mass is 32.2. The summed E-state index contributed by atoms with van der Waals surface area (Å²) in [7, 11) is 0. The van der Waals surface area contributed by atoms with Gasteiger partial charge in [0.1, 0.15) is 0 Å². The molecule has 0 radical (unpaired) electrons. The molecular formula is C12H20N2OS2. The third-order valence-electron chi connectivity index (χ3n) is 2.36. The molecule has 0 aliphatic carbocycles. The quantitative estimate of drug-likeness (QED) is 0.916. The Kier molecular flexibility index (Phi) is 5.01. The molecule has 0 saturated heterocycles. The molecule has 1 atom stereocenters. The summed E-state index contributed by atoms with van der Waals surface area (Å²) in [4.78, 5) is 16.1. The predicted molar refractivity (Wildman–Crippen MR) is 75.6 cm³/mol. The standard InChI is InChI=1S/C12H20N2OS2/c1-8(16-5)10(15)13-6-9-7-17-11(14-9)12(2,3)4/h7-8H,6H2,1-5H3,(H,13,15)/t8-/m0/s1. The van der Waals surface area contributed by atoms with Gasteiger partial charge in [-0.1, -0.05) is 20.8 Å². The van der Waals surface area contributed by atoms with E-state index in [1.807, 2.05) is 18.6 Å². The fourth-order valence-corrected chi connectivity index (χ4v) is 2.37. The van der Waals surface area contributed by atoms with Gasteiger partial charge >= 0.3 is 0 Å². The fraction of sp³-hybridized carbons (Fsp3) is 0.667. The second-order valence-electron chi connectivity index (χ2n) is 4.99. The van der Waals surface area contributed by atoms with E-state index in [-0.39, 0.29) is 16.6 Å². The zero-order valence-electron chi connectivity index (χ0n) is 11.0. The van der Waals surface area contributed by atoms with E-state index >= 15 is 0 Å². The van der Waals surface area contributed by atoms with Crippen LogP contribution in [0.25, 0.3) is 0 Å². The van der Waals surface area contributed by atoms with E-state index < -0.39 is 0 Å². The molecule has 0 fully saturated rings. The molecule has 1 aromatic rings. The maximum atomic E-state index is 11.6. The largest absolute Gasteiger partial charge is 0.349 e. The fourth-order valence-electron chi connectivity index (χ4n) is 1.16. The minimum Gasteiger partial charge on any atom is -0.349 e.